The van der Waals surface area contributed by atoms with Gasteiger partial charge in [0.1, 0.15) is 11.8 Å². The smallest absolute Gasteiger partial charge is 0.255 e. The number of hydrogen-bond acceptors (Lipinski definition) is 4. The van der Waals surface area contributed by atoms with Crippen LogP contribution in [0.15, 0.2) is 57.7 Å². The van der Waals surface area contributed by atoms with E-state index >= 15 is 0 Å². The van der Waals surface area contributed by atoms with Gasteiger partial charge >= 0.3 is 0 Å². The van der Waals surface area contributed by atoms with Gasteiger partial charge < -0.3 is 14.6 Å². The second-order valence-electron chi connectivity index (χ2n) is 7.01. The lowest BCUT2D eigenvalue weighted by atomic mass is 10.0. The molecule has 1 atom stereocenters. The third-order valence-corrected chi connectivity index (χ3v) is 5.16. The molecule has 2 heterocycles. The molecule has 1 N–H and O–H groups in total. The normalized spacial score (nSPS) is 16.6. The van der Waals surface area contributed by atoms with Crippen molar-refractivity contribution < 1.29 is 14.0 Å². The standard InChI is InChI=1S/C22H20N2O4/c1-13-18(25)15-9-6-10-16(21(26)23-17-11-12-24(2)22(17)27)20(15)28-19(13)14-7-4-3-5-8-14/h3-10,17H,11-12H2,1-2H3,(H,23,26). The summed E-state index contributed by atoms with van der Waals surface area (Å²) < 4.78 is 6.07. The Morgan fingerprint density at radius 2 is 1.86 bits per heavy atom. The van der Waals surface area contributed by atoms with Crippen molar-refractivity contribution in [2.24, 2.45) is 0 Å². The van der Waals surface area contributed by atoms with Crippen molar-refractivity contribution in [2.45, 2.75) is 19.4 Å². The topological polar surface area (TPSA) is 79.6 Å². The Hall–Kier alpha value is -3.41. The second-order valence-corrected chi connectivity index (χ2v) is 7.01. The van der Waals surface area contributed by atoms with Crippen molar-refractivity contribution in [3.63, 3.8) is 0 Å². The first-order valence-corrected chi connectivity index (χ1v) is 9.15. The lowest BCUT2D eigenvalue weighted by Gasteiger charge is -2.14. The van der Waals surface area contributed by atoms with Crippen molar-refractivity contribution in [3.05, 3.63) is 69.9 Å². The van der Waals surface area contributed by atoms with Gasteiger partial charge in [-0.2, -0.15) is 0 Å². The van der Waals surface area contributed by atoms with Crippen LogP contribution < -0.4 is 10.7 Å². The Kier molecular flexibility index (Phi) is 4.47. The van der Waals surface area contributed by atoms with E-state index < -0.39 is 11.9 Å². The molecule has 142 valence electrons. The zero-order valence-corrected chi connectivity index (χ0v) is 15.7. The number of benzene rings is 2. The molecule has 0 saturated carbocycles. The minimum atomic E-state index is -0.557. The predicted molar refractivity (Wildman–Crippen MR) is 106 cm³/mol. The monoisotopic (exact) mass is 376 g/mol. The molecule has 0 spiro atoms. The quantitative estimate of drug-likeness (QED) is 0.762. The highest BCUT2D eigenvalue weighted by Crippen LogP contribution is 2.27. The Balaban J connectivity index is 1.81. The van der Waals surface area contributed by atoms with E-state index in [1.807, 2.05) is 30.3 Å². The van der Waals surface area contributed by atoms with Gasteiger partial charge in [-0.15, -0.1) is 0 Å². The summed E-state index contributed by atoms with van der Waals surface area (Å²) in [6, 6.07) is 13.7. The van der Waals surface area contributed by atoms with E-state index in [9.17, 15) is 14.4 Å². The number of para-hydroxylation sites is 1. The highest BCUT2D eigenvalue weighted by molar-refractivity contribution is 6.06. The van der Waals surface area contributed by atoms with Crippen LogP contribution in [0.1, 0.15) is 22.3 Å². The molecule has 3 aromatic rings. The summed E-state index contributed by atoms with van der Waals surface area (Å²) in [6.45, 7) is 2.32. The van der Waals surface area contributed by atoms with Gasteiger partial charge in [-0.1, -0.05) is 36.4 Å². The summed E-state index contributed by atoms with van der Waals surface area (Å²) in [5.41, 5.74) is 1.56. The van der Waals surface area contributed by atoms with E-state index in [-0.39, 0.29) is 22.5 Å². The third-order valence-electron chi connectivity index (χ3n) is 5.16. The number of nitrogens with one attached hydrogen (secondary N) is 1. The predicted octanol–water partition coefficient (Wildman–Crippen LogP) is 2.73. The first-order chi connectivity index (χ1) is 13.5. The van der Waals surface area contributed by atoms with Crippen LogP contribution in [0.2, 0.25) is 0 Å². The van der Waals surface area contributed by atoms with E-state index in [2.05, 4.69) is 5.32 Å². The fourth-order valence-corrected chi connectivity index (χ4v) is 3.55. The zero-order valence-electron chi connectivity index (χ0n) is 15.7. The number of likely N-dealkylation sites (N-methyl/N-ethyl adjacent to an activating group) is 1. The SMILES string of the molecule is Cc1c(-c2ccccc2)oc2c(C(=O)NC3CCN(C)C3=O)cccc2c1=O. The van der Waals surface area contributed by atoms with Crippen LogP contribution in [0.4, 0.5) is 0 Å². The molecule has 0 aliphatic carbocycles. The number of likely N-dealkylation sites (tertiary alicyclic amines) is 1. The van der Waals surface area contributed by atoms with Crippen molar-refractivity contribution in [1.82, 2.24) is 10.2 Å². The highest BCUT2D eigenvalue weighted by Gasteiger charge is 2.31. The Labute approximate surface area is 161 Å². The van der Waals surface area contributed by atoms with Crippen molar-refractivity contribution >= 4 is 22.8 Å². The molecule has 28 heavy (non-hydrogen) atoms. The largest absolute Gasteiger partial charge is 0.455 e. The number of carbonyl (C=O) groups excluding carboxylic acids is 2. The highest BCUT2D eigenvalue weighted by atomic mass is 16.3. The fourth-order valence-electron chi connectivity index (χ4n) is 3.55. The maximum atomic E-state index is 12.9. The second kappa shape index (κ2) is 6.96. The van der Waals surface area contributed by atoms with Crippen molar-refractivity contribution in [3.8, 4) is 11.3 Å². The molecule has 1 saturated heterocycles. The molecule has 0 radical (unpaired) electrons. The zero-order chi connectivity index (χ0) is 19.8. The van der Waals surface area contributed by atoms with E-state index in [4.69, 9.17) is 4.42 Å². The van der Waals surface area contributed by atoms with Crippen LogP contribution in [0.25, 0.3) is 22.3 Å². The van der Waals surface area contributed by atoms with E-state index in [1.165, 1.54) is 0 Å². The average Bonchev–Trinajstić information content (AvgIpc) is 3.03. The van der Waals surface area contributed by atoms with E-state index in [1.54, 1.807) is 37.1 Å². The summed E-state index contributed by atoms with van der Waals surface area (Å²) in [6.07, 6.45) is 0.560. The molecule has 1 fully saturated rings. The van der Waals surface area contributed by atoms with Gasteiger partial charge in [-0.3, -0.25) is 14.4 Å². The van der Waals surface area contributed by atoms with Crippen LogP contribution in [-0.4, -0.2) is 36.3 Å². The van der Waals surface area contributed by atoms with Gasteiger partial charge in [0.05, 0.1) is 10.9 Å². The number of nitrogens with zero attached hydrogens (tertiary/aromatic N) is 1. The molecular weight excluding hydrogens is 356 g/mol. The molecule has 1 unspecified atom stereocenters. The van der Waals surface area contributed by atoms with Gasteiger partial charge in [0, 0.05) is 24.7 Å². The summed E-state index contributed by atoms with van der Waals surface area (Å²) in [5, 5.41) is 3.12. The molecule has 6 nitrogen and oxygen atoms in total. The Bertz CT molecular complexity index is 1130. The number of carbonyl (C=O) groups is 2. The van der Waals surface area contributed by atoms with Crippen LogP contribution in [0.3, 0.4) is 0 Å². The van der Waals surface area contributed by atoms with Gasteiger partial charge in [0.2, 0.25) is 5.91 Å². The minimum absolute atomic E-state index is 0.115. The first-order valence-electron chi connectivity index (χ1n) is 9.15. The molecule has 1 aliphatic heterocycles. The fraction of sp³-hybridized carbons (Fsp3) is 0.227. The van der Waals surface area contributed by atoms with Gasteiger partial charge in [0.25, 0.3) is 5.91 Å². The first kappa shape index (κ1) is 18.0. The lowest BCUT2D eigenvalue weighted by molar-refractivity contribution is -0.128. The maximum Gasteiger partial charge on any atom is 0.255 e. The lowest BCUT2D eigenvalue weighted by Crippen LogP contribution is -2.40. The third kappa shape index (κ3) is 2.97. The summed E-state index contributed by atoms with van der Waals surface area (Å²) >= 11 is 0. The summed E-state index contributed by atoms with van der Waals surface area (Å²) in [5.74, 6) is -0.101. The van der Waals surface area contributed by atoms with Crippen molar-refractivity contribution in [2.75, 3.05) is 13.6 Å². The van der Waals surface area contributed by atoms with Gasteiger partial charge in [-0.05, 0) is 25.5 Å². The number of hydrogen-bond donors (Lipinski definition) is 1. The van der Waals surface area contributed by atoms with E-state index in [0.717, 1.165) is 5.56 Å². The molecule has 2 aromatic carbocycles. The number of rotatable bonds is 3. The number of fused-ring (bicyclic) bond motifs is 1. The molecule has 0 bridgehead atoms. The summed E-state index contributed by atoms with van der Waals surface area (Å²) in [4.78, 5) is 39.5. The van der Waals surface area contributed by atoms with Crippen molar-refractivity contribution in [1.29, 1.82) is 0 Å². The molecule has 4 rings (SSSR count). The van der Waals surface area contributed by atoms with E-state index in [0.29, 0.717) is 29.7 Å². The molecule has 6 heteroatoms. The van der Waals surface area contributed by atoms with Gasteiger partial charge in [0.15, 0.2) is 11.0 Å². The minimum Gasteiger partial charge on any atom is -0.455 e. The Morgan fingerprint density at radius 3 is 2.54 bits per heavy atom. The average molecular weight is 376 g/mol. The van der Waals surface area contributed by atoms with Gasteiger partial charge in [-0.25, -0.2) is 0 Å². The number of amides is 2. The molecular formula is C22H20N2O4. The van der Waals surface area contributed by atoms with Crippen LogP contribution in [-0.2, 0) is 4.79 Å². The maximum absolute atomic E-state index is 12.9. The van der Waals surface area contributed by atoms with Crippen LogP contribution in [0.5, 0.6) is 0 Å². The van der Waals surface area contributed by atoms with Crippen LogP contribution in [0, 0.1) is 6.92 Å². The molecule has 1 aromatic heterocycles. The Morgan fingerprint density at radius 1 is 1.11 bits per heavy atom. The summed E-state index contributed by atoms with van der Waals surface area (Å²) in [7, 11) is 1.71. The van der Waals surface area contributed by atoms with Crippen LogP contribution >= 0.6 is 0 Å². The molecule has 1 aliphatic rings. The molecule has 2 amide bonds.